The predicted octanol–water partition coefficient (Wildman–Crippen LogP) is 3.85. The molecule has 1 aromatic heterocycles. The molecule has 208 valence electrons. The Kier molecular flexibility index (Phi) is 12.8. The number of esters is 2. The van der Waals surface area contributed by atoms with Crippen molar-refractivity contribution in [3.8, 4) is 11.5 Å². The Hall–Kier alpha value is -2.72. The van der Waals surface area contributed by atoms with Gasteiger partial charge in [-0.3, -0.25) is 9.59 Å². The number of rotatable bonds is 12. The van der Waals surface area contributed by atoms with Crippen molar-refractivity contribution in [2.75, 3.05) is 20.3 Å². The molecule has 0 saturated carbocycles. The highest BCUT2D eigenvalue weighted by molar-refractivity contribution is 5.98. The number of aromatic nitrogens is 1. The Morgan fingerprint density at radius 3 is 2.62 bits per heavy atom. The highest BCUT2D eigenvalue weighted by atomic mass is 16.6. The van der Waals surface area contributed by atoms with Crippen molar-refractivity contribution in [2.45, 2.75) is 97.5 Å². The van der Waals surface area contributed by atoms with Crippen LogP contribution in [-0.4, -0.2) is 67.5 Å². The van der Waals surface area contributed by atoms with Gasteiger partial charge in [0.25, 0.3) is 5.91 Å². The second kappa shape index (κ2) is 15.5. The fourth-order valence-corrected chi connectivity index (χ4v) is 4.10. The number of pyridine rings is 1. The fourth-order valence-electron chi connectivity index (χ4n) is 4.10. The lowest BCUT2D eigenvalue weighted by Gasteiger charge is -2.31. The van der Waals surface area contributed by atoms with Crippen LogP contribution in [0, 0.1) is 5.92 Å². The van der Waals surface area contributed by atoms with E-state index in [1.165, 1.54) is 26.3 Å². The summed E-state index contributed by atoms with van der Waals surface area (Å²) in [6, 6.07) is 0.556. The smallest absolute Gasteiger partial charge is 0.329 e. The first kappa shape index (κ1) is 30.5. The summed E-state index contributed by atoms with van der Waals surface area (Å²) in [6.45, 7) is 10.4. The molecule has 1 aromatic rings. The van der Waals surface area contributed by atoms with E-state index in [2.05, 4.69) is 31.1 Å². The Bertz CT molecular complexity index is 891. The average Bonchev–Trinajstić information content (AvgIpc) is 2.89. The molecule has 2 heterocycles. The molecule has 2 rings (SSSR count). The number of cyclic esters (lactones) is 1. The molecule has 10 heteroatoms. The van der Waals surface area contributed by atoms with Crippen LogP contribution >= 0.6 is 0 Å². The number of nitrogens with one attached hydrogen (secondary N) is 1. The quantitative estimate of drug-likeness (QED) is 0.322. The molecule has 0 spiro atoms. The highest BCUT2D eigenvalue weighted by Crippen LogP contribution is 2.30. The minimum absolute atomic E-state index is 0.109. The van der Waals surface area contributed by atoms with Gasteiger partial charge < -0.3 is 29.0 Å². The van der Waals surface area contributed by atoms with Crippen LogP contribution in [0.25, 0.3) is 0 Å². The van der Waals surface area contributed by atoms with Crippen molar-refractivity contribution < 1.29 is 38.1 Å². The van der Waals surface area contributed by atoms with Crippen molar-refractivity contribution in [3.05, 3.63) is 18.0 Å². The molecular formula is C27H42N2O8. The second-order valence-corrected chi connectivity index (χ2v) is 9.69. The average molecular weight is 523 g/mol. The maximum absolute atomic E-state index is 13.1. The summed E-state index contributed by atoms with van der Waals surface area (Å²) in [5.74, 6) is -1.46. The molecular weight excluding hydrogens is 480 g/mol. The second-order valence-electron chi connectivity index (χ2n) is 9.69. The van der Waals surface area contributed by atoms with Crippen molar-refractivity contribution in [3.63, 3.8) is 0 Å². The zero-order valence-corrected chi connectivity index (χ0v) is 22.9. The SMILES string of the molecule is CCCCCO[C@H]1[C@H](C)OC(=O)[C@@H](NC(=O)c2nccc(OC)c2OC(C)=O)CCC[C@@H]1OCC(C)C. The third-order valence-corrected chi connectivity index (χ3v) is 5.95. The normalized spacial score (nSPS) is 22.4. The molecule has 1 N–H and O–H groups in total. The number of hydrogen-bond donors (Lipinski definition) is 1. The zero-order chi connectivity index (χ0) is 27.4. The van der Waals surface area contributed by atoms with Gasteiger partial charge in [-0.15, -0.1) is 0 Å². The molecule has 0 radical (unpaired) electrons. The molecule has 4 atom stereocenters. The molecule has 0 bridgehead atoms. The minimum Gasteiger partial charge on any atom is -0.493 e. The standard InChI is InChI=1S/C27H42N2O8/c1-7-8-9-15-34-24-18(4)36-27(32)20(11-10-12-22(24)35-16-17(2)3)29-26(31)23-25(37-19(5)30)21(33-6)13-14-28-23/h13-14,17-18,20,22,24H,7-12,15-16H2,1-6H3,(H,29,31)/t18-,20-,22-,24-/m0/s1. The van der Waals surface area contributed by atoms with Gasteiger partial charge in [-0.25, -0.2) is 9.78 Å². The van der Waals surface area contributed by atoms with Crippen molar-refractivity contribution in [1.82, 2.24) is 10.3 Å². The Balaban J connectivity index is 2.20. The first-order valence-corrected chi connectivity index (χ1v) is 13.1. The molecule has 1 aliphatic rings. The lowest BCUT2D eigenvalue weighted by Crippen LogP contribution is -2.46. The van der Waals surface area contributed by atoms with E-state index in [4.69, 9.17) is 23.7 Å². The van der Waals surface area contributed by atoms with Crippen LogP contribution < -0.4 is 14.8 Å². The molecule has 1 fully saturated rings. The van der Waals surface area contributed by atoms with Gasteiger partial charge in [0.05, 0.1) is 13.2 Å². The number of unbranched alkanes of at least 4 members (excludes halogenated alkanes) is 2. The van der Waals surface area contributed by atoms with Crippen LogP contribution in [0.3, 0.4) is 0 Å². The van der Waals surface area contributed by atoms with Gasteiger partial charge in [-0.2, -0.15) is 0 Å². The van der Waals surface area contributed by atoms with Crippen LogP contribution in [0.15, 0.2) is 12.3 Å². The van der Waals surface area contributed by atoms with E-state index in [0.29, 0.717) is 38.4 Å². The van der Waals surface area contributed by atoms with E-state index in [9.17, 15) is 14.4 Å². The van der Waals surface area contributed by atoms with Crippen molar-refractivity contribution in [2.24, 2.45) is 5.92 Å². The van der Waals surface area contributed by atoms with Crippen LogP contribution in [-0.2, 0) is 23.8 Å². The lowest BCUT2D eigenvalue weighted by atomic mass is 10.0. The molecule has 1 aliphatic heterocycles. The summed E-state index contributed by atoms with van der Waals surface area (Å²) in [6.07, 6.45) is 4.78. The molecule has 37 heavy (non-hydrogen) atoms. The summed E-state index contributed by atoms with van der Waals surface area (Å²) < 4.78 is 28.5. The lowest BCUT2D eigenvalue weighted by molar-refractivity contribution is -0.168. The zero-order valence-electron chi connectivity index (χ0n) is 22.9. The molecule has 10 nitrogen and oxygen atoms in total. The fraction of sp³-hybridized carbons (Fsp3) is 0.704. The Morgan fingerprint density at radius 1 is 1.22 bits per heavy atom. The van der Waals surface area contributed by atoms with Gasteiger partial charge in [-0.05, 0) is 38.5 Å². The van der Waals surface area contributed by atoms with E-state index in [1.807, 2.05) is 0 Å². The summed E-state index contributed by atoms with van der Waals surface area (Å²) >= 11 is 0. The van der Waals surface area contributed by atoms with Gasteiger partial charge in [0.1, 0.15) is 18.2 Å². The minimum atomic E-state index is -0.919. The predicted molar refractivity (Wildman–Crippen MR) is 137 cm³/mol. The van der Waals surface area contributed by atoms with Gasteiger partial charge >= 0.3 is 11.9 Å². The van der Waals surface area contributed by atoms with Gasteiger partial charge in [-0.1, -0.05) is 33.6 Å². The molecule has 0 aromatic carbocycles. The number of methoxy groups -OCH3 is 1. The highest BCUT2D eigenvalue weighted by Gasteiger charge is 2.36. The topological polar surface area (TPSA) is 122 Å². The van der Waals surface area contributed by atoms with Gasteiger partial charge in [0.2, 0.25) is 5.75 Å². The Morgan fingerprint density at radius 2 is 1.97 bits per heavy atom. The summed E-state index contributed by atoms with van der Waals surface area (Å²) in [5, 5.41) is 2.70. The molecule has 1 saturated heterocycles. The first-order chi connectivity index (χ1) is 17.7. The summed E-state index contributed by atoms with van der Waals surface area (Å²) in [5.41, 5.74) is -0.162. The largest absolute Gasteiger partial charge is 0.493 e. The summed E-state index contributed by atoms with van der Waals surface area (Å²) in [7, 11) is 1.39. The van der Waals surface area contributed by atoms with Crippen LogP contribution in [0.2, 0.25) is 0 Å². The van der Waals surface area contributed by atoms with Crippen molar-refractivity contribution >= 4 is 17.8 Å². The van der Waals surface area contributed by atoms with Crippen LogP contribution in [0.4, 0.5) is 0 Å². The van der Waals surface area contributed by atoms with Crippen LogP contribution in [0.5, 0.6) is 11.5 Å². The van der Waals surface area contributed by atoms with E-state index in [0.717, 1.165) is 19.3 Å². The molecule has 0 unspecified atom stereocenters. The van der Waals surface area contributed by atoms with Gasteiger partial charge in [0.15, 0.2) is 11.4 Å². The van der Waals surface area contributed by atoms with E-state index in [-0.39, 0.29) is 23.3 Å². The first-order valence-electron chi connectivity index (χ1n) is 13.1. The van der Waals surface area contributed by atoms with E-state index < -0.39 is 36.1 Å². The number of carbonyl (C=O) groups is 3. The molecule has 1 amide bonds. The van der Waals surface area contributed by atoms with Crippen molar-refractivity contribution in [1.29, 1.82) is 0 Å². The maximum atomic E-state index is 13.1. The molecule has 0 aliphatic carbocycles. The maximum Gasteiger partial charge on any atom is 0.329 e. The Labute approximate surface area is 219 Å². The third-order valence-electron chi connectivity index (χ3n) is 5.95. The number of amides is 1. The number of carbonyl (C=O) groups excluding carboxylic acids is 3. The van der Waals surface area contributed by atoms with E-state index in [1.54, 1.807) is 6.92 Å². The number of ether oxygens (including phenoxy) is 5. The van der Waals surface area contributed by atoms with Gasteiger partial charge in [0, 0.05) is 32.4 Å². The summed E-state index contributed by atoms with van der Waals surface area (Å²) in [4.78, 5) is 41.9. The number of nitrogens with zero attached hydrogens (tertiary/aromatic N) is 1. The third kappa shape index (κ3) is 9.59. The van der Waals surface area contributed by atoms with E-state index >= 15 is 0 Å². The monoisotopic (exact) mass is 522 g/mol. The van der Waals surface area contributed by atoms with Crippen LogP contribution in [0.1, 0.15) is 83.6 Å². The number of hydrogen-bond acceptors (Lipinski definition) is 9.